The van der Waals surface area contributed by atoms with Crippen molar-refractivity contribution in [3.63, 3.8) is 0 Å². The summed E-state index contributed by atoms with van der Waals surface area (Å²) in [5.74, 6) is 1.98. The maximum atomic E-state index is 4.79. The highest BCUT2D eigenvalue weighted by molar-refractivity contribution is 5.44. The predicted octanol–water partition coefficient (Wildman–Crippen LogP) is 2.99. The lowest BCUT2D eigenvalue weighted by Gasteiger charge is -2.19. The van der Waals surface area contributed by atoms with E-state index in [0.717, 1.165) is 38.5 Å². The van der Waals surface area contributed by atoms with Crippen molar-refractivity contribution in [3.8, 4) is 0 Å². The van der Waals surface area contributed by atoms with Gasteiger partial charge in [0.05, 0.1) is 0 Å². The van der Waals surface area contributed by atoms with Gasteiger partial charge in [-0.1, -0.05) is 20.8 Å². The van der Waals surface area contributed by atoms with Crippen molar-refractivity contribution in [2.75, 3.05) is 24.5 Å². The number of nitrogens with zero attached hydrogens (tertiary/aromatic N) is 2. The van der Waals surface area contributed by atoms with E-state index < -0.39 is 0 Å². The van der Waals surface area contributed by atoms with E-state index in [-0.39, 0.29) is 0 Å². The van der Waals surface area contributed by atoms with Crippen LogP contribution in [0.5, 0.6) is 0 Å². The van der Waals surface area contributed by atoms with Gasteiger partial charge in [0, 0.05) is 25.3 Å². The van der Waals surface area contributed by atoms with E-state index in [4.69, 9.17) is 4.98 Å². The van der Waals surface area contributed by atoms with Crippen LogP contribution in [0.25, 0.3) is 0 Å². The summed E-state index contributed by atoms with van der Waals surface area (Å²) < 4.78 is 0. The lowest BCUT2D eigenvalue weighted by Crippen LogP contribution is -2.21. The normalized spacial score (nSPS) is 19.1. The van der Waals surface area contributed by atoms with Gasteiger partial charge in [0.25, 0.3) is 0 Å². The number of aryl methyl sites for hydroxylation is 1. The topological polar surface area (TPSA) is 28.2 Å². The summed E-state index contributed by atoms with van der Waals surface area (Å²) in [6.07, 6.45) is 3.49. The van der Waals surface area contributed by atoms with Crippen LogP contribution in [0.15, 0.2) is 12.1 Å². The molecule has 0 aromatic carbocycles. The van der Waals surface area contributed by atoms with Crippen LogP contribution in [0.3, 0.4) is 0 Å². The molecule has 0 aliphatic carbocycles. The Morgan fingerprint density at radius 1 is 1.37 bits per heavy atom. The maximum absolute atomic E-state index is 4.79. The van der Waals surface area contributed by atoms with E-state index in [2.05, 4.69) is 43.1 Å². The lowest BCUT2D eigenvalue weighted by molar-refractivity contribution is 0.658. The van der Waals surface area contributed by atoms with Crippen LogP contribution in [-0.4, -0.2) is 24.6 Å². The van der Waals surface area contributed by atoms with Gasteiger partial charge in [-0.15, -0.1) is 0 Å². The molecule has 1 aliphatic heterocycles. The van der Waals surface area contributed by atoms with E-state index >= 15 is 0 Å². The number of aromatic nitrogens is 1. The second-order valence-corrected chi connectivity index (χ2v) is 5.70. The average molecular weight is 261 g/mol. The summed E-state index contributed by atoms with van der Waals surface area (Å²) in [5, 5.41) is 3.48. The summed E-state index contributed by atoms with van der Waals surface area (Å²) in [7, 11) is 0. The van der Waals surface area contributed by atoms with E-state index in [1.165, 1.54) is 29.9 Å². The first-order chi connectivity index (χ1) is 9.22. The molecule has 0 radical (unpaired) electrons. The Morgan fingerprint density at radius 3 is 2.84 bits per heavy atom. The molecule has 0 spiro atoms. The SMILES string of the molecule is CCCNCc1cc(CC)nc(N2CCC(C)C2)c1. The molecule has 1 unspecified atom stereocenters. The van der Waals surface area contributed by atoms with Gasteiger partial charge in [0.1, 0.15) is 5.82 Å². The van der Waals surface area contributed by atoms with Gasteiger partial charge >= 0.3 is 0 Å². The molecule has 1 aliphatic rings. The van der Waals surface area contributed by atoms with E-state index in [1.807, 2.05) is 0 Å². The van der Waals surface area contributed by atoms with Crippen molar-refractivity contribution in [3.05, 3.63) is 23.4 Å². The lowest BCUT2D eigenvalue weighted by atomic mass is 10.1. The molecule has 2 heterocycles. The van der Waals surface area contributed by atoms with Crippen LogP contribution in [0.1, 0.15) is 44.9 Å². The largest absolute Gasteiger partial charge is 0.356 e. The molecular formula is C16H27N3. The zero-order valence-corrected chi connectivity index (χ0v) is 12.6. The van der Waals surface area contributed by atoms with Crippen LogP contribution in [0.4, 0.5) is 5.82 Å². The summed E-state index contributed by atoms with van der Waals surface area (Å²) in [6, 6.07) is 4.51. The molecule has 106 valence electrons. The highest BCUT2D eigenvalue weighted by Crippen LogP contribution is 2.23. The molecule has 0 bridgehead atoms. The van der Waals surface area contributed by atoms with E-state index in [0.29, 0.717) is 0 Å². The van der Waals surface area contributed by atoms with Gasteiger partial charge < -0.3 is 10.2 Å². The number of anilines is 1. The summed E-state index contributed by atoms with van der Waals surface area (Å²) in [4.78, 5) is 7.23. The molecule has 3 nitrogen and oxygen atoms in total. The monoisotopic (exact) mass is 261 g/mol. The number of rotatable bonds is 6. The van der Waals surface area contributed by atoms with Crippen molar-refractivity contribution in [2.24, 2.45) is 5.92 Å². The number of pyridine rings is 1. The quantitative estimate of drug-likeness (QED) is 0.798. The first-order valence-electron chi connectivity index (χ1n) is 7.68. The van der Waals surface area contributed by atoms with Crippen molar-refractivity contribution in [2.45, 2.75) is 46.6 Å². The van der Waals surface area contributed by atoms with Gasteiger partial charge in [-0.25, -0.2) is 4.98 Å². The van der Waals surface area contributed by atoms with Crippen molar-refractivity contribution < 1.29 is 0 Å². The fourth-order valence-electron chi connectivity index (χ4n) is 2.63. The number of hydrogen-bond donors (Lipinski definition) is 1. The highest BCUT2D eigenvalue weighted by Gasteiger charge is 2.20. The maximum Gasteiger partial charge on any atom is 0.129 e. The van der Waals surface area contributed by atoms with Crippen LogP contribution >= 0.6 is 0 Å². The number of nitrogens with one attached hydrogen (secondary N) is 1. The van der Waals surface area contributed by atoms with E-state index in [1.54, 1.807) is 0 Å². The highest BCUT2D eigenvalue weighted by atomic mass is 15.2. The summed E-state index contributed by atoms with van der Waals surface area (Å²) in [5.41, 5.74) is 2.58. The zero-order chi connectivity index (χ0) is 13.7. The molecule has 1 fully saturated rings. The molecule has 3 heteroatoms. The standard InChI is InChI=1S/C16H27N3/c1-4-7-17-11-14-9-15(5-2)18-16(10-14)19-8-6-13(3)12-19/h9-10,13,17H,4-8,11-12H2,1-3H3. The van der Waals surface area contributed by atoms with Crippen LogP contribution in [0, 0.1) is 5.92 Å². The minimum Gasteiger partial charge on any atom is -0.356 e. The molecule has 1 aromatic heterocycles. The third-order valence-corrected chi connectivity index (χ3v) is 3.79. The van der Waals surface area contributed by atoms with Gasteiger partial charge in [-0.05, 0) is 49.4 Å². The molecule has 19 heavy (non-hydrogen) atoms. The second-order valence-electron chi connectivity index (χ2n) is 5.70. The van der Waals surface area contributed by atoms with Crippen LogP contribution in [-0.2, 0) is 13.0 Å². The Hall–Kier alpha value is -1.09. The predicted molar refractivity (Wildman–Crippen MR) is 81.6 cm³/mol. The smallest absolute Gasteiger partial charge is 0.129 e. The van der Waals surface area contributed by atoms with E-state index in [9.17, 15) is 0 Å². The van der Waals surface area contributed by atoms with Crippen molar-refractivity contribution in [1.29, 1.82) is 0 Å². The third-order valence-electron chi connectivity index (χ3n) is 3.79. The first kappa shape index (κ1) is 14.3. The van der Waals surface area contributed by atoms with Gasteiger partial charge in [-0.2, -0.15) is 0 Å². The molecule has 1 saturated heterocycles. The summed E-state index contributed by atoms with van der Waals surface area (Å²) in [6.45, 7) is 11.1. The van der Waals surface area contributed by atoms with Gasteiger partial charge in [0.15, 0.2) is 0 Å². The van der Waals surface area contributed by atoms with Crippen LogP contribution < -0.4 is 10.2 Å². The second kappa shape index (κ2) is 6.90. The Balaban J connectivity index is 2.11. The Kier molecular flexibility index (Phi) is 5.20. The fourth-order valence-corrected chi connectivity index (χ4v) is 2.63. The minimum atomic E-state index is 0.800. The first-order valence-corrected chi connectivity index (χ1v) is 7.68. The minimum absolute atomic E-state index is 0.800. The summed E-state index contributed by atoms with van der Waals surface area (Å²) >= 11 is 0. The average Bonchev–Trinajstić information content (AvgIpc) is 2.85. The Labute approximate surface area is 117 Å². The third kappa shape index (κ3) is 3.93. The Bertz CT molecular complexity index is 403. The van der Waals surface area contributed by atoms with Crippen LogP contribution in [0.2, 0.25) is 0 Å². The molecule has 1 atom stereocenters. The molecule has 2 rings (SSSR count). The Morgan fingerprint density at radius 2 is 2.21 bits per heavy atom. The van der Waals surface area contributed by atoms with Gasteiger partial charge in [-0.3, -0.25) is 0 Å². The number of hydrogen-bond acceptors (Lipinski definition) is 3. The molecule has 0 amide bonds. The van der Waals surface area contributed by atoms with Gasteiger partial charge in [0.2, 0.25) is 0 Å². The molecular weight excluding hydrogens is 234 g/mol. The molecule has 0 saturated carbocycles. The molecule has 1 aromatic rings. The van der Waals surface area contributed by atoms with Crippen molar-refractivity contribution >= 4 is 5.82 Å². The van der Waals surface area contributed by atoms with Crippen molar-refractivity contribution in [1.82, 2.24) is 10.3 Å². The molecule has 1 N–H and O–H groups in total. The fraction of sp³-hybridized carbons (Fsp3) is 0.688. The zero-order valence-electron chi connectivity index (χ0n) is 12.6.